The number of anilines is 2. The van der Waals surface area contributed by atoms with Crippen molar-refractivity contribution < 1.29 is 23.7 Å². The number of rotatable bonds is 8. The molecule has 0 bridgehead atoms. The highest BCUT2D eigenvalue weighted by molar-refractivity contribution is 5.92. The summed E-state index contributed by atoms with van der Waals surface area (Å²) in [7, 11) is 4.56. The zero-order chi connectivity index (χ0) is 22.4. The lowest BCUT2D eigenvalue weighted by Gasteiger charge is -2.27. The van der Waals surface area contributed by atoms with Gasteiger partial charge in [-0.2, -0.15) is 4.98 Å². The predicted octanol–water partition coefficient (Wildman–Crippen LogP) is 3.13. The van der Waals surface area contributed by atoms with Gasteiger partial charge < -0.3 is 29.2 Å². The summed E-state index contributed by atoms with van der Waals surface area (Å²) in [4.78, 5) is 23.9. The Hall–Kier alpha value is -3.23. The monoisotopic (exact) mass is 430 g/mol. The van der Waals surface area contributed by atoms with Gasteiger partial charge in [0.05, 0.1) is 21.3 Å². The molecule has 1 aliphatic heterocycles. The molecule has 2 aromatic rings. The SMILES string of the molecule is COc1cc(NC(=O)COc2nc(N3CCCCC3)nc(C)c2C)cc(OC)c1OC. The zero-order valence-electron chi connectivity index (χ0n) is 18.8. The first kappa shape index (κ1) is 22.5. The summed E-state index contributed by atoms with van der Waals surface area (Å²) in [5, 5.41) is 2.79. The molecule has 0 radical (unpaired) electrons. The molecule has 9 heteroatoms. The van der Waals surface area contributed by atoms with Crippen LogP contribution in [0, 0.1) is 13.8 Å². The van der Waals surface area contributed by atoms with Crippen LogP contribution in [0.1, 0.15) is 30.5 Å². The Kier molecular flexibility index (Phi) is 7.38. The number of nitrogens with zero attached hydrogens (tertiary/aromatic N) is 3. The number of aryl methyl sites for hydroxylation is 1. The van der Waals surface area contributed by atoms with Crippen LogP contribution >= 0.6 is 0 Å². The van der Waals surface area contributed by atoms with Crippen molar-refractivity contribution in [3.63, 3.8) is 0 Å². The first-order chi connectivity index (χ1) is 15.0. The number of ether oxygens (including phenoxy) is 4. The van der Waals surface area contributed by atoms with Crippen molar-refractivity contribution in [1.82, 2.24) is 9.97 Å². The van der Waals surface area contributed by atoms with Crippen LogP contribution in [-0.4, -0.2) is 56.9 Å². The van der Waals surface area contributed by atoms with Crippen molar-refractivity contribution in [1.29, 1.82) is 0 Å². The number of methoxy groups -OCH3 is 3. The Morgan fingerprint density at radius 2 is 1.65 bits per heavy atom. The number of amides is 1. The maximum atomic E-state index is 12.5. The molecule has 1 saturated heterocycles. The standard InChI is InChI=1S/C22H30N4O5/c1-14-15(2)23-22(26-9-7-6-8-10-26)25-21(14)31-13-19(27)24-16-11-17(28-3)20(30-5)18(12-16)29-4/h11-12H,6-10,13H2,1-5H3,(H,24,27). The molecule has 0 atom stereocenters. The Balaban J connectivity index is 1.70. The van der Waals surface area contributed by atoms with Crippen molar-refractivity contribution in [3.05, 3.63) is 23.4 Å². The Bertz CT molecular complexity index is 903. The van der Waals surface area contributed by atoms with E-state index in [9.17, 15) is 4.79 Å². The summed E-state index contributed by atoms with van der Waals surface area (Å²) in [5.41, 5.74) is 2.17. The molecule has 0 saturated carbocycles. The Morgan fingerprint density at radius 1 is 1.00 bits per heavy atom. The minimum Gasteiger partial charge on any atom is -0.493 e. The van der Waals surface area contributed by atoms with Gasteiger partial charge in [-0.1, -0.05) is 0 Å². The van der Waals surface area contributed by atoms with E-state index in [4.69, 9.17) is 18.9 Å². The summed E-state index contributed by atoms with van der Waals surface area (Å²) in [5.74, 6) is 2.11. The molecule has 168 valence electrons. The lowest BCUT2D eigenvalue weighted by molar-refractivity contribution is -0.118. The van der Waals surface area contributed by atoms with Crippen molar-refractivity contribution in [2.75, 3.05) is 51.2 Å². The first-order valence-electron chi connectivity index (χ1n) is 10.3. The summed E-state index contributed by atoms with van der Waals surface area (Å²) in [6.07, 6.45) is 3.49. The van der Waals surface area contributed by atoms with Crippen molar-refractivity contribution in [2.24, 2.45) is 0 Å². The lowest BCUT2D eigenvalue weighted by Crippen LogP contribution is -2.31. The fraction of sp³-hybridized carbons (Fsp3) is 0.500. The molecule has 1 N–H and O–H groups in total. The van der Waals surface area contributed by atoms with E-state index in [1.807, 2.05) is 13.8 Å². The highest BCUT2D eigenvalue weighted by Crippen LogP contribution is 2.39. The van der Waals surface area contributed by atoms with E-state index >= 15 is 0 Å². The van der Waals surface area contributed by atoms with Crippen LogP contribution in [0.15, 0.2) is 12.1 Å². The fourth-order valence-electron chi connectivity index (χ4n) is 3.45. The quantitative estimate of drug-likeness (QED) is 0.683. The highest BCUT2D eigenvalue weighted by Gasteiger charge is 2.19. The van der Waals surface area contributed by atoms with Crippen LogP contribution in [0.4, 0.5) is 11.6 Å². The third-order valence-electron chi connectivity index (χ3n) is 5.26. The van der Waals surface area contributed by atoms with Crippen LogP contribution in [0.5, 0.6) is 23.1 Å². The second-order valence-electron chi connectivity index (χ2n) is 7.34. The molecule has 1 aromatic heterocycles. The van der Waals surface area contributed by atoms with Gasteiger partial charge in [-0.3, -0.25) is 4.79 Å². The minimum absolute atomic E-state index is 0.187. The second kappa shape index (κ2) is 10.2. The summed E-state index contributed by atoms with van der Waals surface area (Å²) in [6.45, 7) is 5.50. The number of hydrogen-bond acceptors (Lipinski definition) is 8. The molecule has 0 unspecified atom stereocenters. The minimum atomic E-state index is -0.329. The van der Waals surface area contributed by atoms with Gasteiger partial charge in [-0.15, -0.1) is 0 Å². The van der Waals surface area contributed by atoms with Gasteiger partial charge >= 0.3 is 0 Å². The number of piperidine rings is 1. The van der Waals surface area contributed by atoms with Gasteiger partial charge in [0.1, 0.15) is 0 Å². The Morgan fingerprint density at radius 3 is 2.23 bits per heavy atom. The van der Waals surface area contributed by atoms with Gasteiger partial charge in [-0.25, -0.2) is 4.98 Å². The summed E-state index contributed by atoms with van der Waals surface area (Å²) in [6, 6.07) is 3.32. The van der Waals surface area contributed by atoms with Gasteiger partial charge in [-0.05, 0) is 33.1 Å². The maximum absolute atomic E-state index is 12.5. The predicted molar refractivity (Wildman–Crippen MR) is 118 cm³/mol. The normalized spacial score (nSPS) is 13.5. The smallest absolute Gasteiger partial charge is 0.262 e. The van der Waals surface area contributed by atoms with E-state index in [2.05, 4.69) is 20.2 Å². The molecule has 1 amide bonds. The van der Waals surface area contributed by atoms with E-state index in [0.717, 1.165) is 37.2 Å². The number of nitrogens with one attached hydrogen (secondary N) is 1. The highest BCUT2D eigenvalue weighted by atomic mass is 16.5. The molecule has 1 aliphatic rings. The summed E-state index contributed by atoms with van der Waals surface area (Å²) >= 11 is 0. The van der Waals surface area contributed by atoms with Crippen LogP contribution in [-0.2, 0) is 4.79 Å². The third-order valence-corrected chi connectivity index (χ3v) is 5.26. The van der Waals surface area contributed by atoms with E-state index < -0.39 is 0 Å². The second-order valence-corrected chi connectivity index (χ2v) is 7.34. The summed E-state index contributed by atoms with van der Waals surface area (Å²) < 4.78 is 21.7. The van der Waals surface area contributed by atoms with Gasteiger partial charge in [0.2, 0.25) is 17.6 Å². The van der Waals surface area contributed by atoms with Crippen molar-refractivity contribution in [3.8, 4) is 23.1 Å². The lowest BCUT2D eigenvalue weighted by atomic mass is 10.1. The molecule has 31 heavy (non-hydrogen) atoms. The molecule has 1 aromatic carbocycles. The largest absolute Gasteiger partial charge is 0.493 e. The molecule has 1 fully saturated rings. The fourth-order valence-corrected chi connectivity index (χ4v) is 3.45. The maximum Gasteiger partial charge on any atom is 0.262 e. The van der Waals surface area contributed by atoms with Crippen molar-refractivity contribution in [2.45, 2.75) is 33.1 Å². The van der Waals surface area contributed by atoms with Crippen molar-refractivity contribution >= 4 is 17.5 Å². The number of carbonyl (C=O) groups is 1. The molecule has 2 heterocycles. The molecular weight excluding hydrogens is 400 g/mol. The third kappa shape index (κ3) is 5.28. The number of benzene rings is 1. The van der Waals surface area contributed by atoms with E-state index in [1.54, 1.807) is 12.1 Å². The van der Waals surface area contributed by atoms with E-state index in [-0.39, 0.29) is 12.5 Å². The molecular formula is C22H30N4O5. The van der Waals surface area contributed by atoms with Gasteiger partial charge in [0.25, 0.3) is 5.91 Å². The Labute approximate surface area is 182 Å². The van der Waals surface area contributed by atoms with Gasteiger partial charge in [0, 0.05) is 42.2 Å². The van der Waals surface area contributed by atoms with E-state index in [1.165, 1.54) is 27.8 Å². The average molecular weight is 431 g/mol. The van der Waals surface area contributed by atoms with Crippen LogP contribution in [0.3, 0.4) is 0 Å². The van der Waals surface area contributed by atoms with E-state index in [0.29, 0.717) is 34.8 Å². The molecule has 0 aliphatic carbocycles. The zero-order valence-corrected chi connectivity index (χ0v) is 18.8. The average Bonchev–Trinajstić information content (AvgIpc) is 2.79. The molecule has 0 spiro atoms. The molecule has 3 rings (SSSR count). The first-order valence-corrected chi connectivity index (χ1v) is 10.3. The van der Waals surface area contributed by atoms with Crippen LogP contribution in [0.2, 0.25) is 0 Å². The van der Waals surface area contributed by atoms with Crippen LogP contribution < -0.4 is 29.2 Å². The van der Waals surface area contributed by atoms with Crippen LogP contribution in [0.25, 0.3) is 0 Å². The number of hydrogen-bond donors (Lipinski definition) is 1. The number of aromatic nitrogens is 2. The molecule has 9 nitrogen and oxygen atoms in total. The topological polar surface area (TPSA) is 95.0 Å². The van der Waals surface area contributed by atoms with Gasteiger partial charge in [0.15, 0.2) is 18.1 Å². The number of carbonyl (C=O) groups excluding carboxylic acids is 1.